The Labute approximate surface area is 187 Å². The number of halogens is 1. The van der Waals surface area contributed by atoms with Crippen LogP contribution in [0.25, 0.3) is 10.8 Å². The summed E-state index contributed by atoms with van der Waals surface area (Å²) in [4.78, 5) is 39.1. The van der Waals surface area contributed by atoms with Crippen LogP contribution in [0, 0.1) is 12.8 Å². The summed E-state index contributed by atoms with van der Waals surface area (Å²) in [6.07, 6.45) is -0.0867. The van der Waals surface area contributed by atoms with Gasteiger partial charge in [-0.25, -0.2) is 0 Å². The number of phenols is 2. The van der Waals surface area contributed by atoms with Gasteiger partial charge in [0.05, 0.1) is 31.0 Å². The summed E-state index contributed by atoms with van der Waals surface area (Å²) in [6, 6.07) is 1.63. The van der Waals surface area contributed by atoms with Gasteiger partial charge in [-0.15, -0.1) is 0 Å². The van der Waals surface area contributed by atoms with Gasteiger partial charge in [-0.2, -0.15) is 0 Å². The van der Waals surface area contributed by atoms with Crippen LogP contribution in [0.3, 0.4) is 0 Å². The number of primary amides is 1. The Balaban J connectivity index is 2.13. The fourth-order valence-electron chi connectivity index (χ4n) is 5.20. The number of ketones is 2. The van der Waals surface area contributed by atoms with E-state index in [0.717, 1.165) is 0 Å². The molecule has 2 aliphatic rings. The number of likely N-dealkylation sites (N-methyl/N-ethyl adjacent to an activating group) is 1. The molecule has 0 saturated heterocycles. The lowest BCUT2D eigenvalue weighted by molar-refractivity contribution is -0.880. The maximum atomic E-state index is 13.6. The number of fused-ring (bicyclic) bond motifs is 3. The number of Topliss-reactive ketones (excluding diaryl/α,β-unsaturated/α-hetero) is 2. The molecule has 0 saturated carbocycles. The largest absolute Gasteiger partial charge is 0.508 e. The van der Waals surface area contributed by atoms with Crippen molar-refractivity contribution in [2.24, 2.45) is 11.7 Å². The molecule has 10 heteroatoms. The summed E-state index contributed by atoms with van der Waals surface area (Å²) in [5.74, 6) is -6.36. The number of aliphatic hydroxyl groups excluding tert-OH is 1. The van der Waals surface area contributed by atoms with Crippen LogP contribution in [0.5, 0.6) is 11.5 Å². The molecule has 7 N–H and O–H groups in total. The first kappa shape index (κ1) is 22.1. The molecule has 9 nitrogen and oxygen atoms in total. The third kappa shape index (κ3) is 2.55. The fourth-order valence-corrected chi connectivity index (χ4v) is 5.49. The van der Waals surface area contributed by atoms with E-state index >= 15 is 0 Å². The fraction of sp³-hybridized carbons (Fsp3) is 0.318. The van der Waals surface area contributed by atoms with Crippen LogP contribution in [0.2, 0.25) is 5.02 Å². The molecule has 0 unspecified atom stereocenters. The van der Waals surface area contributed by atoms with Crippen LogP contribution >= 0.6 is 11.6 Å². The number of hydrogen-bond acceptors (Lipinski definition) is 7. The van der Waals surface area contributed by atoms with E-state index in [2.05, 4.69) is 0 Å². The average molecular weight is 462 g/mol. The van der Waals surface area contributed by atoms with Gasteiger partial charge in [0.25, 0.3) is 5.91 Å². The molecule has 0 aliphatic heterocycles. The molecule has 0 radical (unpaired) electrons. The molecule has 168 valence electrons. The number of hydrogen-bond donors (Lipinski definition) is 6. The summed E-state index contributed by atoms with van der Waals surface area (Å²) >= 11 is 6.32. The Hall–Kier alpha value is -3.14. The minimum absolute atomic E-state index is 0.0792. The van der Waals surface area contributed by atoms with Gasteiger partial charge in [0, 0.05) is 10.4 Å². The first-order valence-corrected chi connectivity index (χ1v) is 10.2. The Bertz CT molecular complexity index is 1280. The van der Waals surface area contributed by atoms with Crippen molar-refractivity contribution in [1.29, 1.82) is 0 Å². The summed E-state index contributed by atoms with van der Waals surface area (Å²) < 4.78 is 0. The van der Waals surface area contributed by atoms with Gasteiger partial charge in [-0.05, 0) is 36.6 Å². The number of aromatic hydroxyl groups is 2. The highest BCUT2D eigenvalue weighted by molar-refractivity contribution is 6.37. The van der Waals surface area contributed by atoms with Gasteiger partial charge in [0.15, 0.2) is 11.6 Å². The second-order valence-corrected chi connectivity index (χ2v) is 8.96. The van der Waals surface area contributed by atoms with Crippen molar-refractivity contribution in [3.05, 3.63) is 45.2 Å². The zero-order valence-electron chi connectivity index (χ0n) is 17.5. The lowest BCUT2D eigenvalue weighted by atomic mass is 9.61. The zero-order chi connectivity index (χ0) is 23.9. The van der Waals surface area contributed by atoms with Crippen molar-refractivity contribution in [3.8, 4) is 11.5 Å². The van der Waals surface area contributed by atoms with E-state index in [0.29, 0.717) is 21.4 Å². The van der Waals surface area contributed by atoms with Crippen LogP contribution < -0.4 is 10.6 Å². The monoisotopic (exact) mass is 461 g/mol. The summed E-state index contributed by atoms with van der Waals surface area (Å²) in [5, 5.41) is 44.1. The van der Waals surface area contributed by atoms with Crippen LogP contribution in [-0.4, -0.2) is 63.6 Å². The summed E-state index contributed by atoms with van der Waals surface area (Å²) in [7, 11) is 3.23. The second-order valence-electron chi connectivity index (χ2n) is 8.56. The van der Waals surface area contributed by atoms with Gasteiger partial charge in [-0.3, -0.25) is 14.4 Å². The van der Waals surface area contributed by atoms with Gasteiger partial charge >= 0.3 is 0 Å². The number of nitrogens with one attached hydrogen (secondary N) is 1. The minimum atomic E-state index is -2.67. The van der Waals surface area contributed by atoms with Gasteiger partial charge in [0.1, 0.15) is 22.8 Å². The van der Waals surface area contributed by atoms with Crippen molar-refractivity contribution in [1.82, 2.24) is 0 Å². The number of carbonyl (C=O) groups is 3. The van der Waals surface area contributed by atoms with Gasteiger partial charge in [0.2, 0.25) is 11.6 Å². The maximum Gasteiger partial charge on any atom is 0.256 e. The number of quaternary nitrogens is 1. The number of amides is 1. The third-order valence-electron chi connectivity index (χ3n) is 6.67. The minimum Gasteiger partial charge on any atom is -0.508 e. The quantitative estimate of drug-likeness (QED) is 0.334. The molecule has 1 amide bonds. The van der Waals surface area contributed by atoms with E-state index in [9.17, 15) is 34.8 Å². The van der Waals surface area contributed by atoms with Crippen molar-refractivity contribution in [2.45, 2.75) is 25.0 Å². The Morgan fingerprint density at radius 3 is 2.38 bits per heavy atom. The van der Waals surface area contributed by atoms with E-state index in [-0.39, 0.29) is 28.1 Å². The molecule has 4 rings (SSSR count). The predicted octanol–water partition coefficient (Wildman–Crippen LogP) is -0.308. The number of benzene rings is 2. The van der Waals surface area contributed by atoms with E-state index in [4.69, 9.17) is 17.3 Å². The van der Waals surface area contributed by atoms with Crippen molar-refractivity contribution in [3.63, 3.8) is 0 Å². The Morgan fingerprint density at radius 1 is 1.19 bits per heavy atom. The SMILES string of the molecule is Cc1c2c(c(O)c3c(O)ccc(Cl)c13)C(=O)[C@]1(O)C(O)=C(C(N)=O)C(=O)[C@H]([NH+](C)C)[C@@H]1C2. The third-order valence-corrected chi connectivity index (χ3v) is 6.98. The molecule has 32 heavy (non-hydrogen) atoms. The smallest absolute Gasteiger partial charge is 0.256 e. The number of aliphatic hydroxyl groups is 2. The van der Waals surface area contributed by atoms with Crippen LogP contribution in [0.4, 0.5) is 0 Å². The molecule has 0 heterocycles. The van der Waals surface area contributed by atoms with Crippen molar-refractivity contribution >= 4 is 39.8 Å². The van der Waals surface area contributed by atoms with Crippen LogP contribution in [0.15, 0.2) is 23.5 Å². The lowest BCUT2D eigenvalue weighted by Crippen LogP contribution is -3.13. The molecular formula is C22H22ClN2O7+. The molecular weight excluding hydrogens is 440 g/mol. The molecule has 0 fully saturated rings. The molecule has 2 aliphatic carbocycles. The molecule has 0 bridgehead atoms. The number of nitrogens with two attached hydrogens (primary N) is 1. The summed E-state index contributed by atoms with van der Waals surface area (Å²) in [5.41, 5.74) is 2.28. The zero-order valence-corrected chi connectivity index (χ0v) is 18.2. The average Bonchev–Trinajstić information content (AvgIpc) is 2.69. The highest BCUT2D eigenvalue weighted by atomic mass is 35.5. The van der Waals surface area contributed by atoms with E-state index in [1.807, 2.05) is 0 Å². The number of carbonyl (C=O) groups excluding carboxylic acids is 3. The number of aryl methyl sites for hydroxylation is 1. The highest BCUT2D eigenvalue weighted by Gasteiger charge is 2.64. The van der Waals surface area contributed by atoms with Crippen molar-refractivity contribution < 1.29 is 39.7 Å². The van der Waals surface area contributed by atoms with E-state index in [1.165, 1.54) is 12.1 Å². The first-order valence-electron chi connectivity index (χ1n) is 9.86. The lowest BCUT2D eigenvalue weighted by Gasteiger charge is -2.45. The predicted molar refractivity (Wildman–Crippen MR) is 114 cm³/mol. The maximum absolute atomic E-state index is 13.6. The topological polar surface area (TPSA) is 163 Å². The van der Waals surface area contributed by atoms with Crippen LogP contribution in [0.1, 0.15) is 21.5 Å². The second kappa shape index (κ2) is 6.93. The molecule has 0 spiro atoms. The molecule has 3 atom stereocenters. The molecule has 2 aromatic rings. The van der Waals surface area contributed by atoms with Crippen molar-refractivity contribution in [2.75, 3.05) is 14.1 Å². The first-order chi connectivity index (χ1) is 14.8. The summed E-state index contributed by atoms with van der Waals surface area (Å²) in [6.45, 7) is 1.65. The number of phenolic OH excluding ortho intramolecular Hbond substituents is 2. The van der Waals surface area contributed by atoms with Gasteiger partial charge < -0.3 is 31.1 Å². The van der Waals surface area contributed by atoms with Crippen LogP contribution in [-0.2, 0) is 16.0 Å². The molecule has 0 aromatic heterocycles. The Kier molecular flexibility index (Phi) is 4.78. The highest BCUT2D eigenvalue weighted by Crippen LogP contribution is 2.50. The Morgan fingerprint density at radius 2 is 1.81 bits per heavy atom. The van der Waals surface area contributed by atoms with Gasteiger partial charge in [-0.1, -0.05) is 11.6 Å². The molecule has 2 aromatic carbocycles. The standard InChI is InChI=1S/C22H21ClN2O7/c1-7-8-6-9-16(25(2)3)18(28)15(21(24)31)20(30)22(9,32)19(29)13(8)17(27)14-11(26)5-4-10(23)12(7)14/h4-5,9,16,26-27,30,32H,6H2,1-3H3,(H2,24,31)/p+1/t9-,16+,22-/m0/s1. The van der Waals surface area contributed by atoms with E-state index < -0.39 is 52.1 Å². The number of rotatable bonds is 2. The normalized spacial score (nSPS) is 25.3. The van der Waals surface area contributed by atoms with E-state index in [1.54, 1.807) is 21.0 Å².